The van der Waals surface area contributed by atoms with Gasteiger partial charge in [-0.15, -0.1) is 0 Å². The highest BCUT2D eigenvalue weighted by Crippen LogP contribution is 2.43. The Balaban J connectivity index is 2.45. The number of halogens is 2. The van der Waals surface area contributed by atoms with Gasteiger partial charge >= 0.3 is 5.97 Å². The Labute approximate surface area is 122 Å². The molecule has 1 aromatic rings. The van der Waals surface area contributed by atoms with Crippen molar-refractivity contribution in [1.82, 2.24) is 0 Å². The van der Waals surface area contributed by atoms with Crippen molar-refractivity contribution in [3.05, 3.63) is 33.8 Å². The molecule has 1 unspecified atom stereocenters. The average molecular weight is 303 g/mol. The first-order valence-electron chi connectivity index (χ1n) is 6.35. The average Bonchev–Trinajstić information content (AvgIpc) is 2.35. The zero-order chi connectivity index (χ0) is 14.0. The SMILES string of the molecule is O=C(O)C(c1cccc(Cl)c1Cl)C1(O)CCCCC1. The van der Waals surface area contributed by atoms with E-state index in [0.717, 1.165) is 19.3 Å². The third-order valence-electron chi connectivity index (χ3n) is 3.80. The number of carboxylic acids is 1. The second kappa shape index (κ2) is 5.70. The van der Waals surface area contributed by atoms with Gasteiger partial charge in [0.25, 0.3) is 0 Å². The molecule has 19 heavy (non-hydrogen) atoms. The first-order chi connectivity index (χ1) is 8.96. The summed E-state index contributed by atoms with van der Waals surface area (Å²) in [5, 5.41) is 20.7. The van der Waals surface area contributed by atoms with Crippen LogP contribution in [0.1, 0.15) is 43.6 Å². The van der Waals surface area contributed by atoms with E-state index in [2.05, 4.69) is 0 Å². The van der Waals surface area contributed by atoms with Gasteiger partial charge in [0.05, 0.1) is 15.6 Å². The third kappa shape index (κ3) is 2.88. The van der Waals surface area contributed by atoms with E-state index in [4.69, 9.17) is 23.2 Å². The minimum absolute atomic E-state index is 0.218. The Morgan fingerprint density at radius 2 is 1.84 bits per heavy atom. The molecule has 1 atom stereocenters. The fraction of sp³-hybridized carbons (Fsp3) is 0.500. The normalized spacial score (nSPS) is 19.9. The maximum Gasteiger partial charge on any atom is 0.313 e. The van der Waals surface area contributed by atoms with Gasteiger partial charge < -0.3 is 10.2 Å². The highest BCUT2D eigenvalue weighted by molar-refractivity contribution is 6.42. The van der Waals surface area contributed by atoms with Crippen molar-refractivity contribution in [2.24, 2.45) is 0 Å². The Hall–Kier alpha value is -0.770. The van der Waals surface area contributed by atoms with E-state index in [1.807, 2.05) is 0 Å². The van der Waals surface area contributed by atoms with Crippen LogP contribution in [0.15, 0.2) is 18.2 Å². The summed E-state index contributed by atoms with van der Waals surface area (Å²) in [4.78, 5) is 11.6. The van der Waals surface area contributed by atoms with E-state index in [0.29, 0.717) is 23.4 Å². The quantitative estimate of drug-likeness (QED) is 0.891. The van der Waals surface area contributed by atoms with Gasteiger partial charge in [0.15, 0.2) is 0 Å². The van der Waals surface area contributed by atoms with E-state index in [-0.39, 0.29) is 5.02 Å². The Morgan fingerprint density at radius 3 is 2.42 bits per heavy atom. The highest BCUT2D eigenvalue weighted by atomic mass is 35.5. The minimum Gasteiger partial charge on any atom is -0.481 e. The van der Waals surface area contributed by atoms with Crippen molar-refractivity contribution in [2.75, 3.05) is 0 Å². The van der Waals surface area contributed by atoms with Gasteiger partial charge in [0, 0.05) is 0 Å². The van der Waals surface area contributed by atoms with Gasteiger partial charge in [-0.3, -0.25) is 4.79 Å². The van der Waals surface area contributed by atoms with Crippen LogP contribution in [0.5, 0.6) is 0 Å². The fourth-order valence-corrected chi connectivity index (χ4v) is 3.27. The summed E-state index contributed by atoms with van der Waals surface area (Å²) in [7, 11) is 0. The number of benzene rings is 1. The lowest BCUT2D eigenvalue weighted by molar-refractivity contribution is -0.147. The smallest absolute Gasteiger partial charge is 0.313 e. The molecule has 0 aromatic heterocycles. The highest BCUT2D eigenvalue weighted by Gasteiger charge is 2.44. The molecule has 0 amide bonds. The largest absolute Gasteiger partial charge is 0.481 e. The number of hydrogen-bond donors (Lipinski definition) is 2. The van der Waals surface area contributed by atoms with Crippen LogP contribution in [0.25, 0.3) is 0 Å². The summed E-state index contributed by atoms with van der Waals surface area (Å²) in [6.45, 7) is 0. The summed E-state index contributed by atoms with van der Waals surface area (Å²) < 4.78 is 0. The number of carboxylic acid groups (broad SMARTS) is 1. The molecule has 5 heteroatoms. The molecular formula is C14H16Cl2O3. The number of aliphatic hydroxyl groups is 1. The fourth-order valence-electron chi connectivity index (χ4n) is 2.85. The van der Waals surface area contributed by atoms with Crippen LogP contribution in [-0.2, 0) is 4.79 Å². The molecule has 1 aromatic carbocycles. The molecule has 2 rings (SSSR count). The summed E-state index contributed by atoms with van der Waals surface area (Å²) in [6, 6.07) is 4.89. The van der Waals surface area contributed by atoms with Crippen LogP contribution in [0.4, 0.5) is 0 Å². The Morgan fingerprint density at radius 1 is 1.21 bits per heavy atom. The molecule has 2 N–H and O–H groups in total. The molecular weight excluding hydrogens is 287 g/mol. The van der Waals surface area contributed by atoms with Gasteiger partial charge in [-0.25, -0.2) is 0 Å². The minimum atomic E-state index is -1.24. The maximum absolute atomic E-state index is 11.6. The Kier molecular flexibility index (Phi) is 4.39. The molecule has 0 aliphatic heterocycles. The van der Waals surface area contributed by atoms with Crippen LogP contribution in [0.2, 0.25) is 10.0 Å². The Bertz CT molecular complexity index is 482. The lowest BCUT2D eigenvalue weighted by Gasteiger charge is -2.37. The number of rotatable bonds is 3. The first-order valence-corrected chi connectivity index (χ1v) is 7.10. The summed E-state index contributed by atoms with van der Waals surface area (Å²) in [5.74, 6) is -2.09. The molecule has 0 radical (unpaired) electrons. The first kappa shape index (κ1) is 14.6. The van der Waals surface area contributed by atoms with Crippen molar-refractivity contribution >= 4 is 29.2 Å². The maximum atomic E-state index is 11.6. The van der Waals surface area contributed by atoms with Crippen LogP contribution in [0.3, 0.4) is 0 Å². The van der Waals surface area contributed by atoms with E-state index >= 15 is 0 Å². The molecule has 0 heterocycles. The van der Waals surface area contributed by atoms with Crippen LogP contribution >= 0.6 is 23.2 Å². The zero-order valence-electron chi connectivity index (χ0n) is 10.4. The van der Waals surface area contributed by atoms with E-state index in [9.17, 15) is 15.0 Å². The topological polar surface area (TPSA) is 57.5 Å². The molecule has 1 aliphatic carbocycles. The molecule has 0 saturated heterocycles. The van der Waals surface area contributed by atoms with Crippen molar-refractivity contribution in [1.29, 1.82) is 0 Å². The van der Waals surface area contributed by atoms with Crippen LogP contribution in [-0.4, -0.2) is 21.8 Å². The van der Waals surface area contributed by atoms with Crippen LogP contribution < -0.4 is 0 Å². The second-order valence-corrected chi connectivity index (χ2v) is 5.86. The van der Waals surface area contributed by atoms with Crippen molar-refractivity contribution in [3.8, 4) is 0 Å². The van der Waals surface area contributed by atoms with Crippen molar-refractivity contribution in [3.63, 3.8) is 0 Å². The molecule has 3 nitrogen and oxygen atoms in total. The predicted octanol–water partition coefficient (Wildman–Crippen LogP) is 3.86. The molecule has 1 fully saturated rings. The van der Waals surface area contributed by atoms with Gasteiger partial charge in [-0.2, -0.15) is 0 Å². The summed E-state index contributed by atoms with van der Waals surface area (Å²) in [5.41, 5.74) is -0.843. The summed E-state index contributed by atoms with van der Waals surface area (Å²) in [6.07, 6.45) is 3.65. The van der Waals surface area contributed by atoms with Gasteiger partial charge in [0.2, 0.25) is 0 Å². The van der Waals surface area contributed by atoms with Crippen molar-refractivity contribution < 1.29 is 15.0 Å². The molecule has 0 bridgehead atoms. The zero-order valence-corrected chi connectivity index (χ0v) is 11.9. The number of carbonyl (C=O) groups is 1. The third-order valence-corrected chi connectivity index (χ3v) is 4.63. The second-order valence-electron chi connectivity index (χ2n) is 5.08. The summed E-state index contributed by atoms with van der Waals surface area (Å²) >= 11 is 12.0. The van der Waals surface area contributed by atoms with Crippen molar-refractivity contribution in [2.45, 2.75) is 43.6 Å². The molecule has 1 aliphatic rings. The van der Waals surface area contributed by atoms with Gasteiger partial charge in [-0.1, -0.05) is 54.6 Å². The van der Waals surface area contributed by atoms with E-state index < -0.39 is 17.5 Å². The lowest BCUT2D eigenvalue weighted by Crippen LogP contribution is -2.42. The lowest BCUT2D eigenvalue weighted by atomic mass is 9.73. The van der Waals surface area contributed by atoms with E-state index in [1.165, 1.54) is 0 Å². The van der Waals surface area contributed by atoms with Gasteiger partial charge in [0.1, 0.15) is 5.92 Å². The van der Waals surface area contributed by atoms with Gasteiger partial charge in [-0.05, 0) is 24.5 Å². The number of hydrogen-bond acceptors (Lipinski definition) is 2. The predicted molar refractivity (Wildman–Crippen MR) is 74.9 cm³/mol. The molecule has 0 spiro atoms. The standard InChI is InChI=1S/C14H16Cl2O3/c15-10-6-4-5-9(12(10)16)11(13(17)18)14(19)7-2-1-3-8-14/h4-6,11,19H,1-3,7-8H2,(H,17,18). The van der Waals surface area contributed by atoms with Crippen LogP contribution in [0, 0.1) is 0 Å². The molecule has 1 saturated carbocycles. The molecule has 104 valence electrons. The van der Waals surface area contributed by atoms with E-state index in [1.54, 1.807) is 18.2 Å². The number of aliphatic carboxylic acids is 1. The monoisotopic (exact) mass is 302 g/mol.